The van der Waals surface area contributed by atoms with Crippen LogP contribution in [-0.4, -0.2) is 21.6 Å². The molecule has 1 unspecified atom stereocenters. The van der Waals surface area contributed by atoms with Crippen molar-refractivity contribution >= 4 is 10.9 Å². The Labute approximate surface area is 81.4 Å². The van der Waals surface area contributed by atoms with Crippen LogP contribution >= 0.6 is 0 Å². The van der Waals surface area contributed by atoms with Crippen LogP contribution in [0.15, 0.2) is 30.7 Å². The molecule has 14 heavy (non-hydrogen) atoms. The maximum atomic E-state index is 9.51. The fourth-order valence-corrected chi connectivity index (χ4v) is 1.31. The SMILES string of the molecule is NCC(O)c1cnc2cnccc2c1. The molecule has 72 valence electrons. The van der Waals surface area contributed by atoms with Crippen molar-refractivity contribution in [2.75, 3.05) is 6.54 Å². The standard InChI is InChI=1S/C10H11N3O/c11-4-10(14)8-3-7-1-2-12-6-9(7)13-5-8/h1-3,5-6,10,14H,4,11H2. The van der Waals surface area contributed by atoms with Gasteiger partial charge in [0.1, 0.15) is 0 Å². The van der Waals surface area contributed by atoms with Gasteiger partial charge in [-0.15, -0.1) is 0 Å². The second-order valence-corrected chi connectivity index (χ2v) is 3.09. The van der Waals surface area contributed by atoms with Crippen LogP contribution in [0.25, 0.3) is 10.9 Å². The molecule has 3 N–H and O–H groups in total. The van der Waals surface area contributed by atoms with Gasteiger partial charge in [-0.25, -0.2) is 0 Å². The van der Waals surface area contributed by atoms with Crippen molar-refractivity contribution < 1.29 is 5.11 Å². The fourth-order valence-electron chi connectivity index (χ4n) is 1.31. The maximum absolute atomic E-state index is 9.51. The van der Waals surface area contributed by atoms with E-state index in [-0.39, 0.29) is 6.54 Å². The van der Waals surface area contributed by atoms with Crippen molar-refractivity contribution in [1.29, 1.82) is 0 Å². The van der Waals surface area contributed by atoms with Gasteiger partial charge in [0.25, 0.3) is 0 Å². The molecule has 4 heteroatoms. The van der Waals surface area contributed by atoms with Crippen LogP contribution in [0, 0.1) is 0 Å². The molecule has 0 aromatic carbocycles. The monoisotopic (exact) mass is 189 g/mol. The summed E-state index contributed by atoms with van der Waals surface area (Å²) in [5.74, 6) is 0. The third-order valence-corrected chi connectivity index (χ3v) is 2.12. The molecular formula is C10H11N3O. The number of aliphatic hydroxyl groups is 1. The number of rotatable bonds is 2. The molecule has 4 nitrogen and oxygen atoms in total. The number of nitrogens with two attached hydrogens (primary N) is 1. The van der Waals surface area contributed by atoms with Crippen LogP contribution in [-0.2, 0) is 0 Å². The zero-order valence-electron chi connectivity index (χ0n) is 7.59. The predicted octanol–water partition coefficient (Wildman–Crippen LogP) is 0.622. The summed E-state index contributed by atoms with van der Waals surface area (Å²) in [6.07, 6.45) is 4.37. The highest BCUT2D eigenvalue weighted by Gasteiger charge is 2.05. The van der Waals surface area contributed by atoms with Gasteiger partial charge in [0.15, 0.2) is 0 Å². The van der Waals surface area contributed by atoms with Crippen molar-refractivity contribution in [3.63, 3.8) is 0 Å². The molecule has 0 fully saturated rings. The average Bonchev–Trinajstić information content (AvgIpc) is 2.27. The number of aliphatic hydroxyl groups excluding tert-OH is 1. The first-order chi connectivity index (χ1) is 6.81. The summed E-state index contributed by atoms with van der Waals surface area (Å²) < 4.78 is 0. The van der Waals surface area contributed by atoms with Gasteiger partial charge >= 0.3 is 0 Å². The van der Waals surface area contributed by atoms with Gasteiger partial charge in [-0.05, 0) is 12.1 Å². The highest BCUT2D eigenvalue weighted by atomic mass is 16.3. The summed E-state index contributed by atoms with van der Waals surface area (Å²) in [6, 6.07) is 3.73. The first kappa shape index (κ1) is 9.05. The minimum Gasteiger partial charge on any atom is -0.387 e. The van der Waals surface area contributed by atoms with Crippen LogP contribution in [0.2, 0.25) is 0 Å². The molecule has 0 aliphatic heterocycles. The fraction of sp³-hybridized carbons (Fsp3) is 0.200. The summed E-state index contributed by atoms with van der Waals surface area (Å²) in [4.78, 5) is 8.13. The summed E-state index contributed by atoms with van der Waals surface area (Å²) >= 11 is 0. The Morgan fingerprint density at radius 3 is 3.07 bits per heavy atom. The van der Waals surface area contributed by atoms with Crippen molar-refractivity contribution in [3.05, 3.63) is 36.3 Å². The third-order valence-electron chi connectivity index (χ3n) is 2.12. The minimum atomic E-state index is -0.639. The van der Waals surface area contributed by atoms with E-state index in [4.69, 9.17) is 5.73 Å². The molecule has 0 spiro atoms. The van der Waals surface area contributed by atoms with Gasteiger partial charge in [0.2, 0.25) is 0 Å². The first-order valence-corrected chi connectivity index (χ1v) is 4.39. The van der Waals surface area contributed by atoms with E-state index in [1.807, 2.05) is 12.1 Å². The predicted molar refractivity (Wildman–Crippen MR) is 53.6 cm³/mol. The number of nitrogens with zero attached hydrogens (tertiary/aromatic N) is 2. The normalized spacial score (nSPS) is 13.0. The number of fused-ring (bicyclic) bond motifs is 1. The second kappa shape index (κ2) is 3.69. The van der Waals surface area contributed by atoms with Gasteiger partial charge in [0, 0.05) is 29.9 Å². The van der Waals surface area contributed by atoms with Crippen LogP contribution in [0.4, 0.5) is 0 Å². The zero-order chi connectivity index (χ0) is 9.97. The number of hydrogen-bond donors (Lipinski definition) is 2. The van der Waals surface area contributed by atoms with Crippen LogP contribution in [0.1, 0.15) is 11.7 Å². The second-order valence-electron chi connectivity index (χ2n) is 3.09. The molecule has 0 saturated carbocycles. The van der Waals surface area contributed by atoms with Crippen LogP contribution < -0.4 is 5.73 Å². The topological polar surface area (TPSA) is 72.0 Å². The van der Waals surface area contributed by atoms with E-state index >= 15 is 0 Å². The molecule has 0 saturated heterocycles. The van der Waals surface area contributed by atoms with E-state index in [9.17, 15) is 5.11 Å². The summed E-state index contributed by atoms with van der Waals surface area (Å²) in [6.45, 7) is 0.207. The first-order valence-electron chi connectivity index (χ1n) is 4.39. The Hall–Kier alpha value is -1.52. The van der Waals surface area contributed by atoms with Crippen molar-refractivity contribution in [3.8, 4) is 0 Å². The molecule has 2 rings (SSSR count). The van der Waals surface area contributed by atoms with Gasteiger partial charge in [0.05, 0.1) is 17.8 Å². The Morgan fingerprint density at radius 2 is 2.29 bits per heavy atom. The van der Waals surface area contributed by atoms with E-state index in [0.717, 1.165) is 16.5 Å². The summed E-state index contributed by atoms with van der Waals surface area (Å²) in [5.41, 5.74) is 6.92. The van der Waals surface area contributed by atoms with Gasteiger partial charge in [-0.1, -0.05) is 0 Å². The number of hydrogen-bond acceptors (Lipinski definition) is 4. The van der Waals surface area contributed by atoms with Crippen molar-refractivity contribution in [2.24, 2.45) is 5.73 Å². The number of pyridine rings is 2. The Balaban J connectivity index is 2.51. The molecule has 2 aromatic heterocycles. The Morgan fingerprint density at radius 1 is 1.43 bits per heavy atom. The lowest BCUT2D eigenvalue weighted by Crippen LogP contribution is -2.11. The highest BCUT2D eigenvalue weighted by Crippen LogP contribution is 2.16. The molecule has 0 aliphatic carbocycles. The molecule has 2 heterocycles. The Bertz CT molecular complexity index is 444. The molecule has 0 amide bonds. The minimum absolute atomic E-state index is 0.207. The quantitative estimate of drug-likeness (QED) is 0.726. The number of aromatic nitrogens is 2. The molecule has 1 atom stereocenters. The molecular weight excluding hydrogens is 178 g/mol. The highest BCUT2D eigenvalue weighted by molar-refractivity contribution is 5.77. The van der Waals surface area contributed by atoms with E-state index in [2.05, 4.69) is 9.97 Å². The lowest BCUT2D eigenvalue weighted by Gasteiger charge is -2.07. The van der Waals surface area contributed by atoms with E-state index in [0.29, 0.717) is 0 Å². The van der Waals surface area contributed by atoms with E-state index < -0.39 is 6.10 Å². The largest absolute Gasteiger partial charge is 0.387 e. The zero-order valence-corrected chi connectivity index (χ0v) is 7.59. The smallest absolute Gasteiger partial charge is 0.0927 e. The van der Waals surface area contributed by atoms with Crippen LogP contribution in [0.3, 0.4) is 0 Å². The summed E-state index contributed by atoms with van der Waals surface area (Å²) in [7, 11) is 0. The van der Waals surface area contributed by atoms with Crippen molar-refractivity contribution in [2.45, 2.75) is 6.10 Å². The van der Waals surface area contributed by atoms with Gasteiger partial charge < -0.3 is 10.8 Å². The van der Waals surface area contributed by atoms with E-state index in [1.54, 1.807) is 18.6 Å². The van der Waals surface area contributed by atoms with Gasteiger partial charge in [-0.3, -0.25) is 9.97 Å². The maximum Gasteiger partial charge on any atom is 0.0927 e. The molecule has 2 aromatic rings. The molecule has 0 aliphatic rings. The molecule has 0 bridgehead atoms. The van der Waals surface area contributed by atoms with Crippen LogP contribution in [0.5, 0.6) is 0 Å². The average molecular weight is 189 g/mol. The Kier molecular flexibility index (Phi) is 2.39. The lowest BCUT2D eigenvalue weighted by atomic mass is 10.1. The van der Waals surface area contributed by atoms with Gasteiger partial charge in [-0.2, -0.15) is 0 Å². The van der Waals surface area contributed by atoms with Crippen molar-refractivity contribution in [1.82, 2.24) is 9.97 Å². The lowest BCUT2D eigenvalue weighted by molar-refractivity contribution is 0.186. The van der Waals surface area contributed by atoms with E-state index in [1.165, 1.54) is 0 Å². The molecule has 0 radical (unpaired) electrons. The summed E-state index contributed by atoms with van der Waals surface area (Å²) in [5, 5.41) is 10.5. The third kappa shape index (κ3) is 1.57.